The Morgan fingerprint density at radius 1 is 1.25 bits per heavy atom. The molecule has 0 saturated carbocycles. The number of benzene rings is 2. The van der Waals surface area contributed by atoms with E-state index in [1.54, 1.807) is 13.2 Å². The molecule has 28 heavy (non-hydrogen) atoms. The number of carbonyl (C=O) groups is 1. The third-order valence-corrected chi connectivity index (χ3v) is 4.73. The van der Waals surface area contributed by atoms with Gasteiger partial charge in [0.2, 0.25) is 5.89 Å². The molecule has 1 atom stereocenters. The molecule has 1 unspecified atom stereocenters. The molecule has 0 spiro atoms. The maximum absolute atomic E-state index is 12.4. The highest BCUT2D eigenvalue weighted by Gasteiger charge is 2.22. The SMILES string of the molecule is CSc1ccc(C(=O)OC(C)c2nnc(-c3cccc(C)c3)o2)cc1[N+](=O)[O-]. The van der Waals surface area contributed by atoms with Gasteiger partial charge in [-0.2, -0.15) is 0 Å². The van der Waals surface area contributed by atoms with E-state index >= 15 is 0 Å². The highest BCUT2D eigenvalue weighted by atomic mass is 32.2. The summed E-state index contributed by atoms with van der Waals surface area (Å²) >= 11 is 1.23. The molecule has 1 aromatic heterocycles. The van der Waals surface area contributed by atoms with Gasteiger partial charge >= 0.3 is 5.97 Å². The fraction of sp³-hybridized carbons (Fsp3) is 0.211. The quantitative estimate of drug-likeness (QED) is 0.256. The summed E-state index contributed by atoms with van der Waals surface area (Å²) in [6, 6.07) is 11.8. The van der Waals surface area contributed by atoms with Crippen molar-refractivity contribution in [2.75, 3.05) is 6.26 Å². The minimum Gasteiger partial charge on any atom is -0.449 e. The molecule has 0 aliphatic rings. The zero-order valence-corrected chi connectivity index (χ0v) is 16.2. The third-order valence-electron chi connectivity index (χ3n) is 3.95. The molecular formula is C19H17N3O5S. The number of aromatic nitrogens is 2. The minimum atomic E-state index is -0.808. The predicted molar refractivity (Wildman–Crippen MR) is 103 cm³/mol. The zero-order chi connectivity index (χ0) is 20.3. The van der Waals surface area contributed by atoms with Gasteiger partial charge < -0.3 is 9.15 Å². The lowest BCUT2D eigenvalue weighted by Gasteiger charge is -2.10. The second-order valence-corrected chi connectivity index (χ2v) is 6.85. The summed E-state index contributed by atoms with van der Waals surface area (Å²) in [6.45, 7) is 3.54. The number of ether oxygens (including phenoxy) is 1. The number of rotatable bonds is 6. The number of nitro benzene ring substituents is 1. The molecular weight excluding hydrogens is 382 g/mol. The fourth-order valence-electron chi connectivity index (χ4n) is 2.53. The molecule has 0 aliphatic carbocycles. The average molecular weight is 399 g/mol. The second-order valence-electron chi connectivity index (χ2n) is 6.01. The monoisotopic (exact) mass is 399 g/mol. The van der Waals surface area contributed by atoms with E-state index in [1.165, 1.54) is 30.0 Å². The molecule has 8 nitrogen and oxygen atoms in total. The number of hydrogen-bond donors (Lipinski definition) is 0. The smallest absolute Gasteiger partial charge is 0.339 e. The van der Waals surface area contributed by atoms with Gasteiger partial charge in [-0.3, -0.25) is 10.1 Å². The molecule has 2 aromatic carbocycles. The Morgan fingerprint density at radius 2 is 2.04 bits per heavy atom. The van der Waals surface area contributed by atoms with Crippen molar-refractivity contribution in [3.05, 3.63) is 69.6 Å². The van der Waals surface area contributed by atoms with Gasteiger partial charge in [-0.25, -0.2) is 4.79 Å². The molecule has 9 heteroatoms. The third kappa shape index (κ3) is 4.20. The van der Waals surface area contributed by atoms with E-state index in [1.807, 2.05) is 31.2 Å². The van der Waals surface area contributed by atoms with Crippen molar-refractivity contribution in [3.63, 3.8) is 0 Å². The molecule has 0 aliphatic heterocycles. The molecule has 0 fully saturated rings. The van der Waals surface area contributed by atoms with E-state index in [2.05, 4.69) is 10.2 Å². The number of hydrogen-bond acceptors (Lipinski definition) is 8. The molecule has 1 heterocycles. The molecule has 0 amide bonds. The standard InChI is InChI=1S/C19H17N3O5S/c1-11-5-4-6-13(9-11)18-21-20-17(27-18)12(2)26-19(23)14-7-8-16(28-3)15(10-14)22(24)25/h4-10,12H,1-3H3. The predicted octanol–water partition coefficient (Wildman–Crippen LogP) is 4.59. The number of carbonyl (C=O) groups excluding carboxylic acids is 1. The minimum absolute atomic E-state index is 0.0785. The van der Waals surface area contributed by atoms with Gasteiger partial charge in [-0.05, 0) is 44.4 Å². The number of nitrogens with zero attached hydrogens (tertiary/aromatic N) is 3. The molecule has 0 bridgehead atoms. The number of nitro groups is 1. The summed E-state index contributed by atoms with van der Waals surface area (Å²) in [5, 5.41) is 19.1. The highest BCUT2D eigenvalue weighted by Crippen LogP contribution is 2.29. The summed E-state index contributed by atoms with van der Waals surface area (Å²) in [7, 11) is 0. The van der Waals surface area contributed by atoms with Crippen LogP contribution >= 0.6 is 11.8 Å². The molecule has 0 saturated heterocycles. The molecule has 144 valence electrons. The van der Waals surface area contributed by atoms with Crippen molar-refractivity contribution < 1.29 is 18.9 Å². The van der Waals surface area contributed by atoms with Crippen LogP contribution < -0.4 is 0 Å². The van der Waals surface area contributed by atoms with Crippen LogP contribution in [0.1, 0.15) is 34.8 Å². The fourth-order valence-corrected chi connectivity index (χ4v) is 3.08. The summed E-state index contributed by atoms with van der Waals surface area (Å²) in [6.07, 6.45) is 0.918. The summed E-state index contributed by atoms with van der Waals surface area (Å²) in [5.74, 6) is -0.250. The van der Waals surface area contributed by atoms with E-state index < -0.39 is 17.0 Å². The number of aryl methyl sites for hydroxylation is 1. The van der Waals surface area contributed by atoms with Gasteiger partial charge in [0.1, 0.15) is 0 Å². The molecule has 0 N–H and O–H groups in total. The Morgan fingerprint density at radius 3 is 2.71 bits per heavy atom. The average Bonchev–Trinajstić information content (AvgIpc) is 3.17. The van der Waals surface area contributed by atoms with Gasteiger partial charge in [0.05, 0.1) is 15.4 Å². The first-order chi connectivity index (χ1) is 13.4. The van der Waals surface area contributed by atoms with E-state index in [9.17, 15) is 14.9 Å². The van der Waals surface area contributed by atoms with Gasteiger partial charge in [-0.15, -0.1) is 22.0 Å². The molecule has 3 aromatic rings. The molecule has 3 rings (SSSR count). The van der Waals surface area contributed by atoms with Crippen molar-refractivity contribution in [1.29, 1.82) is 0 Å². The largest absolute Gasteiger partial charge is 0.449 e. The van der Waals surface area contributed by atoms with Crippen molar-refractivity contribution in [2.24, 2.45) is 0 Å². The number of thioether (sulfide) groups is 1. The van der Waals surface area contributed by atoms with Crippen LogP contribution in [0, 0.1) is 17.0 Å². The van der Waals surface area contributed by atoms with Gasteiger partial charge in [0.25, 0.3) is 11.6 Å². The first-order valence-corrected chi connectivity index (χ1v) is 9.55. The van der Waals surface area contributed by atoms with Gasteiger partial charge in [-0.1, -0.05) is 17.7 Å². The Labute approximate surface area is 165 Å². The van der Waals surface area contributed by atoms with Crippen molar-refractivity contribution in [3.8, 4) is 11.5 Å². The summed E-state index contributed by atoms with van der Waals surface area (Å²) in [4.78, 5) is 23.5. The second kappa shape index (κ2) is 8.22. The first kappa shape index (κ1) is 19.6. The molecule has 0 radical (unpaired) electrons. The zero-order valence-electron chi connectivity index (χ0n) is 15.4. The van der Waals surface area contributed by atoms with Crippen LogP contribution in [0.25, 0.3) is 11.5 Å². The van der Waals surface area contributed by atoms with Crippen LogP contribution in [-0.4, -0.2) is 27.3 Å². The summed E-state index contributed by atoms with van der Waals surface area (Å²) in [5.41, 5.74) is 1.75. The van der Waals surface area contributed by atoms with Crippen molar-refractivity contribution in [2.45, 2.75) is 24.8 Å². The number of esters is 1. The van der Waals surface area contributed by atoms with E-state index in [-0.39, 0.29) is 17.1 Å². The lowest BCUT2D eigenvalue weighted by atomic mass is 10.1. The highest BCUT2D eigenvalue weighted by molar-refractivity contribution is 7.98. The maximum atomic E-state index is 12.4. The van der Waals surface area contributed by atoms with Gasteiger partial charge in [0, 0.05) is 11.6 Å². The maximum Gasteiger partial charge on any atom is 0.339 e. The van der Waals surface area contributed by atoms with Crippen LogP contribution in [-0.2, 0) is 4.74 Å². The van der Waals surface area contributed by atoms with Crippen molar-refractivity contribution in [1.82, 2.24) is 10.2 Å². The Balaban J connectivity index is 1.76. The topological polar surface area (TPSA) is 108 Å². The van der Waals surface area contributed by atoms with E-state index in [4.69, 9.17) is 9.15 Å². The lowest BCUT2D eigenvalue weighted by molar-refractivity contribution is -0.387. The van der Waals surface area contributed by atoms with E-state index in [0.29, 0.717) is 10.8 Å². The Hall–Kier alpha value is -3.20. The summed E-state index contributed by atoms with van der Waals surface area (Å²) < 4.78 is 10.9. The van der Waals surface area contributed by atoms with Gasteiger partial charge in [0.15, 0.2) is 6.10 Å². The van der Waals surface area contributed by atoms with Crippen LogP contribution in [0.15, 0.2) is 51.8 Å². The Kier molecular flexibility index (Phi) is 5.74. The van der Waals surface area contributed by atoms with Crippen LogP contribution in [0.4, 0.5) is 5.69 Å². The normalized spacial score (nSPS) is 11.8. The lowest BCUT2D eigenvalue weighted by Crippen LogP contribution is -2.10. The Bertz CT molecular complexity index is 1030. The van der Waals surface area contributed by atoms with E-state index in [0.717, 1.165) is 11.1 Å². The van der Waals surface area contributed by atoms with Crippen LogP contribution in [0.2, 0.25) is 0 Å². The van der Waals surface area contributed by atoms with Crippen molar-refractivity contribution >= 4 is 23.4 Å². The van der Waals surface area contributed by atoms with Crippen LogP contribution in [0.5, 0.6) is 0 Å². The van der Waals surface area contributed by atoms with Crippen LogP contribution in [0.3, 0.4) is 0 Å². The first-order valence-electron chi connectivity index (χ1n) is 8.33.